The number of alkyl halides is 3. The number of rotatable bonds is 8. The highest BCUT2D eigenvalue weighted by atomic mass is 19.4. The summed E-state index contributed by atoms with van der Waals surface area (Å²) in [4.78, 5) is 27.6. The quantitative estimate of drug-likeness (QED) is 0.383. The molecule has 0 aromatic heterocycles. The molecule has 0 N–H and O–H groups in total. The molecule has 2 amide bonds. The molecular weight excluding hydrogens is 527 g/mol. The second-order valence-electron chi connectivity index (χ2n) is 9.08. The number of hydrogen-bond donors (Lipinski definition) is 0. The van der Waals surface area contributed by atoms with Crippen LogP contribution in [0.25, 0.3) is 0 Å². The van der Waals surface area contributed by atoms with Gasteiger partial charge in [-0.1, -0.05) is 6.07 Å². The molecule has 40 heavy (non-hydrogen) atoms. The highest BCUT2D eigenvalue weighted by molar-refractivity contribution is 6.03. The summed E-state index contributed by atoms with van der Waals surface area (Å²) in [7, 11) is 6.02. The summed E-state index contributed by atoms with van der Waals surface area (Å²) in [5.74, 6) is 0.629. The van der Waals surface area contributed by atoms with Gasteiger partial charge in [-0.25, -0.2) is 5.01 Å². The van der Waals surface area contributed by atoms with E-state index in [-0.39, 0.29) is 12.1 Å². The minimum Gasteiger partial charge on any atom is -0.497 e. The standard InChI is InChI=1S/C29H28F3N3O5/c1-34(28(37)19-5-10-21(11-6-19)29(30,31)32)17-27(36)35-24(20-9-14-25(39-3)26(15-20)40-4)16-23(33-35)18-7-12-22(38-2)13-8-18/h5-15,24H,16-17H2,1-4H3. The number of hydrazone groups is 1. The topological polar surface area (TPSA) is 80.7 Å². The summed E-state index contributed by atoms with van der Waals surface area (Å²) in [6.07, 6.45) is -4.12. The van der Waals surface area contributed by atoms with Crippen molar-refractivity contribution in [2.24, 2.45) is 5.10 Å². The second-order valence-corrected chi connectivity index (χ2v) is 9.08. The highest BCUT2D eigenvalue weighted by Crippen LogP contribution is 2.37. The number of benzene rings is 3. The number of amides is 2. The zero-order valence-electron chi connectivity index (χ0n) is 22.4. The Morgan fingerprint density at radius 2 is 1.57 bits per heavy atom. The van der Waals surface area contributed by atoms with Gasteiger partial charge in [0.05, 0.1) is 38.6 Å². The molecule has 210 valence electrons. The van der Waals surface area contributed by atoms with E-state index in [0.29, 0.717) is 29.4 Å². The number of carbonyl (C=O) groups excluding carboxylic acids is 2. The first kappa shape index (κ1) is 28.5. The molecule has 3 aromatic carbocycles. The maximum Gasteiger partial charge on any atom is 0.416 e. The number of methoxy groups -OCH3 is 3. The van der Waals surface area contributed by atoms with Gasteiger partial charge in [-0.15, -0.1) is 0 Å². The Hall–Kier alpha value is -4.54. The minimum absolute atomic E-state index is 0.0311. The zero-order chi connectivity index (χ0) is 29.0. The summed E-state index contributed by atoms with van der Waals surface area (Å²) in [5, 5.41) is 5.95. The van der Waals surface area contributed by atoms with E-state index in [1.165, 1.54) is 26.3 Å². The molecule has 1 heterocycles. The number of nitrogens with zero attached hydrogens (tertiary/aromatic N) is 3. The molecule has 0 spiro atoms. The van der Waals surface area contributed by atoms with Crippen molar-refractivity contribution >= 4 is 17.5 Å². The Labute approximate surface area is 229 Å². The lowest BCUT2D eigenvalue weighted by Gasteiger charge is -2.25. The molecule has 1 unspecified atom stereocenters. The first-order chi connectivity index (χ1) is 19.0. The molecule has 0 radical (unpaired) electrons. The van der Waals surface area contributed by atoms with Gasteiger partial charge in [0.15, 0.2) is 11.5 Å². The Morgan fingerprint density at radius 3 is 2.15 bits per heavy atom. The van der Waals surface area contributed by atoms with Crippen LogP contribution in [-0.4, -0.2) is 62.4 Å². The fourth-order valence-corrected chi connectivity index (χ4v) is 4.39. The molecule has 1 atom stereocenters. The molecule has 3 aromatic rings. The fraction of sp³-hybridized carbons (Fsp3) is 0.276. The number of ether oxygens (including phenoxy) is 3. The van der Waals surface area contributed by atoms with Crippen LogP contribution in [0.2, 0.25) is 0 Å². The molecule has 0 bridgehead atoms. The Balaban J connectivity index is 1.60. The Kier molecular flexibility index (Phi) is 8.32. The maximum absolute atomic E-state index is 13.5. The SMILES string of the molecule is COc1ccc(C2=NN(C(=O)CN(C)C(=O)c3ccc(C(F)(F)F)cc3)C(c3ccc(OC)c(OC)c3)C2)cc1. The lowest BCUT2D eigenvalue weighted by Crippen LogP contribution is -2.39. The van der Waals surface area contributed by atoms with Gasteiger partial charge in [0.2, 0.25) is 0 Å². The van der Waals surface area contributed by atoms with E-state index in [4.69, 9.17) is 14.2 Å². The summed E-state index contributed by atoms with van der Waals surface area (Å²) >= 11 is 0. The monoisotopic (exact) mass is 555 g/mol. The number of likely N-dealkylation sites (N-methyl/N-ethyl adjacent to an activating group) is 1. The van der Waals surface area contributed by atoms with Crippen molar-refractivity contribution < 1.29 is 37.0 Å². The van der Waals surface area contributed by atoms with Crippen LogP contribution in [0.4, 0.5) is 13.2 Å². The highest BCUT2D eigenvalue weighted by Gasteiger charge is 2.35. The van der Waals surface area contributed by atoms with E-state index in [9.17, 15) is 22.8 Å². The van der Waals surface area contributed by atoms with Crippen LogP contribution >= 0.6 is 0 Å². The van der Waals surface area contributed by atoms with Crippen LogP contribution in [0.3, 0.4) is 0 Å². The van der Waals surface area contributed by atoms with Gasteiger partial charge in [-0.05, 0) is 71.8 Å². The molecule has 1 aliphatic rings. The van der Waals surface area contributed by atoms with E-state index < -0.39 is 29.6 Å². The van der Waals surface area contributed by atoms with Crippen molar-refractivity contribution in [1.29, 1.82) is 0 Å². The minimum atomic E-state index is -4.52. The van der Waals surface area contributed by atoms with Crippen molar-refractivity contribution in [3.8, 4) is 17.2 Å². The van der Waals surface area contributed by atoms with Gasteiger partial charge in [0.25, 0.3) is 11.8 Å². The van der Waals surface area contributed by atoms with Gasteiger partial charge >= 0.3 is 6.18 Å². The van der Waals surface area contributed by atoms with Crippen LogP contribution < -0.4 is 14.2 Å². The van der Waals surface area contributed by atoms with Gasteiger partial charge in [-0.2, -0.15) is 18.3 Å². The van der Waals surface area contributed by atoms with Crippen molar-refractivity contribution in [1.82, 2.24) is 9.91 Å². The number of carbonyl (C=O) groups is 2. The van der Waals surface area contributed by atoms with Crippen molar-refractivity contribution in [3.63, 3.8) is 0 Å². The van der Waals surface area contributed by atoms with Gasteiger partial charge < -0.3 is 19.1 Å². The summed E-state index contributed by atoms with van der Waals surface area (Å²) in [6, 6.07) is 16.0. The predicted molar refractivity (Wildman–Crippen MR) is 142 cm³/mol. The number of hydrogen-bond acceptors (Lipinski definition) is 6. The lowest BCUT2D eigenvalue weighted by molar-refractivity contribution is -0.137. The second kappa shape index (κ2) is 11.7. The van der Waals surface area contributed by atoms with Crippen LogP contribution in [0.15, 0.2) is 71.8 Å². The molecule has 0 saturated heterocycles. The van der Waals surface area contributed by atoms with Crippen molar-refractivity contribution in [2.45, 2.75) is 18.6 Å². The normalized spacial score (nSPS) is 14.9. The average Bonchev–Trinajstić information content (AvgIpc) is 3.41. The van der Waals surface area contributed by atoms with Gasteiger partial charge in [-0.3, -0.25) is 9.59 Å². The van der Waals surface area contributed by atoms with Gasteiger partial charge in [0, 0.05) is 19.0 Å². The number of halogens is 3. The fourth-order valence-electron chi connectivity index (χ4n) is 4.39. The molecule has 11 heteroatoms. The van der Waals surface area contributed by atoms with E-state index in [0.717, 1.165) is 40.3 Å². The lowest BCUT2D eigenvalue weighted by atomic mass is 9.98. The third-order valence-electron chi connectivity index (χ3n) is 6.56. The molecule has 4 rings (SSSR count). The first-order valence-corrected chi connectivity index (χ1v) is 12.2. The van der Waals surface area contributed by atoms with Crippen molar-refractivity contribution in [2.75, 3.05) is 34.9 Å². The molecule has 0 saturated carbocycles. The van der Waals surface area contributed by atoms with Crippen LogP contribution in [0.5, 0.6) is 17.2 Å². The van der Waals surface area contributed by atoms with Crippen LogP contribution in [0, 0.1) is 0 Å². The van der Waals surface area contributed by atoms with E-state index in [2.05, 4.69) is 5.10 Å². The predicted octanol–water partition coefficient (Wildman–Crippen LogP) is 5.18. The molecule has 8 nitrogen and oxygen atoms in total. The van der Waals surface area contributed by atoms with E-state index in [1.54, 1.807) is 31.4 Å². The van der Waals surface area contributed by atoms with Gasteiger partial charge in [0.1, 0.15) is 12.3 Å². The molecule has 0 aliphatic carbocycles. The summed E-state index contributed by atoms with van der Waals surface area (Å²) in [6.45, 7) is -0.344. The Morgan fingerprint density at radius 1 is 0.925 bits per heavy atom. The largest absolute Gasteiger partial charge is 0.497 e. The van der Waals surface area contributed by atoms with Crippen molar-refractivity contribution in [3.05, 3.63) is 89.0 Å². The molecular formula is C29H28F3N3O5. The Bertz CT molecular complexity index is 1410. The zero-order valence-corrected chi connectivity index (χ0v) is 22.4. The smallest absolute Gasteiger partial charge is 0.416 e. The molecule has 1 aliphatic heterocycles. The maximum atomic E-state index is 13.5. The third kappa shape index (κ3) is 6.03. The van der Waals surface area contributed by atoms with E-state index >= 15 is 0 Å². The average molecular weight is 556 g/mol. The van der Waals surface area contributed by atoms with Crippen LogP contribution in [0.1, 0.15) is 39.5 Å². The molecule has 0 fully saturated rings. The summed E-state index contributed by atoms with van der Waals surface area (Å²) < 4.78 is 54.7. The summed E-state index contributed by atoms with van der Waals surface area (Å²) in [5.41, 5.74) is 1.37. The van der Waals surface area contributed by atoms with Crippen LogP contribution in [-0.2, 0) is 11.0 Å². The first-order valence-electron chi connectivity index (χ1n) is 12.2. The third-order valence-corrected chi connectivity index (χ3v) is 6.56. The van der Waals surface area contributed by atoms with E-state index in [1.807, 2.05) is 18.2 Å².